The molecule has 1 aliphatic carbocycles. The van der Waals surface area contributed by atoms with E-state index in [9.17, 15) is 18.0 Å². The van der Waals surface area contributed by atoms with E-state index in [2.05, 4.69) is 33.9 Å². The van der Waals surface area contributed by atoms with Crippen LogP contribution < -0.4 is 14.8 Å². The highest BCUT2D eigenvalue weighted by Crippen LogP contribution is 2.41. The summed E-state index contributed by atoms with van der Waals surface area (Å²) in [5.74, 6) is -0.00684. The molecular formula is C31H35N5O6S. The highest BCUT2D eigenvalue weighted by atomic mass is 32.2. The molecule has 2 aromatic carbocycles. The van der Waals surface area contributed by atoms with E-state index < -0.39 is 21.7 Å². The molecule has 1 spiro atoms. The summed E-state index contributed by atoms with van der Waals surface area (Å²) in [5, 5.41) is 2.90. The number of hydrogen-bond acceptors (Lipinski definition) is 8. The number of nitrogens with zero attached hydrogens (tertiary/aromatic N) is 3. The second-order valence-corrected chi connectivity index (χ2v) is 13.8. The number of anilines is 1. The number of alkyl carbamates (subject to hydrolysis) is 1. The second kappa shape index (κ2) is 10.8. The van der Waals surface area contributed by atoms with Gasteiger partial charge in [-0.15, -0.1) is 0 Å². The van der Waals surface area contributed by atoms with Crippen LogP contribution in [0.2, 0.25) is 0 Å². The molecular weight excluding hydrogens is 570 g/mol. The molecule has 3 aromatic rings. The fourth-order valence-corrected chi connectivity index (χ4v) is 7.37. The third kappa shape index (κ3) is 5.63. The first-order valence-electron chi connectivity index (χ1n) is 14.4. The van der Waals surface area contributed by atoms with Gasteiger partial charge in [0, 0.05) is 23.2 Å². The standard InChI is InChI=1S/C31H35N5O6S/c1-18(2)11-22-16-41-26-13-25(27-19(3)7-5-8-20(27)4)32-29(33-26)35-43(39,40)24-10-6-9-21(12-24)28(37)36(22)23-14-31(15-23)17-42-30(38)34-31/h5-10,12-13,18,22-23H,11,14-17H2,1-4H3,(H,34,38)(H,32,33,35)/t22-,23?,31?/m1/s1. The number of nitrogens with one attached hydrogen (secondary N) is 2. The van der Waals surface area contributed by atoms with Crippen molar-refractivity contribution < 1.29 is 27.5 Å². The Morgan fingerprint density at radius 1 is 1.02 bits per heavy atom. The van der Waals surface area contributed by atoms with Gasteiger partial charge in [0.05, 0.1) is 22.2 Å². The van der Waals surface area contributed by atoms with E-state index in [0.717, 1.165) is 16.7 Å². The summed E-state index contributed by atoms with van der Waals surface area (Å²) in [5.41, 5.74) is 3.06. The van der Waals surface area contributed by atoms with Gasteiger partial charge < -0.3 is 19.7 Å². The number of rotatable bonds is 4. The molecule has 1 saturated heterocycles. The Morgan fingerprint density at radius 2 is 1.74 bits per heavy atom. The molecule has 2 N–H and O–H groups in total. The fourth-order valence-electron chi connectivity index (χ4n) is 6.38. The largest absolute Gasteiger partial charge is 0.475 e. The van der Waals surface area contributed by atoms with Crippen molar-refractivity contribution in [2.24, 2.45) is 5.92 Å². The summed E-state index contributed by atoms with van der Waals surface area (Å²) in [6.45, 7) is 8.47. The molecule has 1 aromatic heterocycles. The molecule has 3 heterocycles. The lowest BCUT2D eigenvalue weighted by Crippen LogP contribution is -2.65. The zero-order valence-electron chi connectivity index (χ0n) is 24.6. The monoisotopic (exact) mass is 605 g/mol. The van der Waals surface area contributed by atoms with Crippen molar-refractivity contribution in [3.05, 3.63) is 65.2 Å². The van der Waals surface area contributed by atoms with Gasteiger partial charge in [-0.1, -0.05) is 38.1 Å². The van der Waals surface area contributed by atoms with Crippen LogP contribution in [0.4, 0.5) is 10.7 Å². The minimum atomic E-state index is -4.15. The minimum Gasteiger partial charge on any atom is -0.475 e. The summed E-state index contributed by atoms with van der Waals surface area (Å²) >= 11 is 0. The summed E-state index contributed by atoms with van der Waals surface area (Å²) < 4.78 is 41.1. The number of sulfonamides is 1. The predicted molar refractivity (Wildman–Crippen MR) is 159 cm³/mol. The molecule has 1 saturated carbocycles. The van der Waals surface area contributed by atoms with Gasteiger partial charge in [0.1, 0.15) is 13.2 Å². The molecule has 11 nitrogen and oxygen atoms in total. The number of benzene rings is 2. The van der Waals surface area contributed by atoms with E-state index in [1.54, 1.807) is 23.1 Å². The van der Waals surface area contributed by atoms with Crippen molar-refractivity contribution in [2.45, 2.75) is 69.5 Å². The number of ether oxygens (including phenoxy) is 2. The molecule has 2 amide bonds. The number of carbonyl (C=O) groups excluding carboxylic acids is 2. The van der Waals surface area contributed by atoms with Crippen LogP contribution in [0.15, 0.2) is 53.4 Å². The van der Waals surface area contributed by atoms with Gasteiger partial charge >= 0.3 is 6.09 Å². The molecule has 43 heavy (non-hydrogen) atoms. The third-order valence-electron chi connectivity index (χ3n) is 8.34. The Bertz CT molecular complexity index is 1680. The Balaban J connectivity index is 1.46. The van der Waals surface area contributed by atoms with Gasteiger partial charge in [-0.3, -0.25) is 4.79 Å². The van der Waals surface area contributed by atoms with E-state index in [1.165, 1.54) is 12.1 Å². The van der Waals surface area contributed by atoms with Crippen molar-refractivity contribution >= 4 is 28.0 Å². The average molecular weight is 606 g/mol. The van der Waals surface area contributed by atoms with Crippen molar-refractivity contribution in [3.63, 3.8) is 0 Å². The number of hydrogen-bond donors (Lipinski definition) is 2. The first kappa shape index (κ1) is 28.9. The lowest BCUT2D eigenvalue weighted by atomic mass is 9.72. The van der Waals surface area contributed by atoms with Crippen molar-refractivity contribution in [1.82, 2.24) is 20.2 Å². The van der Waals surface area contributed by atoms with Crippen LogP contribution in [0.25, 0.3) is 11.3 Å². The zero-order valence-corrected chi connectivity index (χ0v) is 25.4. The number of carbonyl (C=O) groups is 2. The van der Waals surface area contributed by atoms with Crippen LogP contribution in [-0.2, 0) is 14.8 Å². The second-order valence-electron chi connectivity index (χ2n) is 12.2. The van der Waals surface area contributed by atoms with E-state index in [4.69, 9.17) is 9.47 Å². The number of amides is 2. The average Bonchev–Trinajstić information content (AvgIpc) is 3.32. The van der Waals surface area contributed by atoms with Gasteiger partial charge in [0.15, 0.2) is 0 Å². The predicted octanol–water partition coefficient (Wildman–Crippen LogP) is 4.45. The summed E-state index contributed by atoms with van der Waals surface area (Å²) in [6, 6.07) is 13.0. The van der Waals surface area contributed by atoms with Crippen LogP contribution in [0.3, 0.4) is 0 Å². The summed E-state index contributed by atoms with van der Waals surface area (Å²) in [7, 11) is -4.15. The van der Waals surface area contributed by atoms with Crippen LogP contribution in [0.1, 0.15) is 54.6 Å². The van der Waals surface area contributed by atoms with Crippen molar-refractivity contribution in [2.75, 3.05) is 17.9 Å². The molecule has 0 radical (unpaired) electrons. The minimum absolute atomic E-state index is 0.0805. The van der Waals surface area contributed by atoms with Crippen LogP contribution in [-0.4, -0.2) is 66.1 Å². The van der Waals surface area contributed by atoms with E-state index in [0.29, 0.717) is 25.0 Å². The van der Waals surface area contributed by atoms with Crippen LogP contribution >= 0.6 is 0 Å². The number of aromatic nitrogens is 2. The fraction of sp³-hybridized carbons (Fsp3) is 0.419. The highest BCUT2D eigenvalue weighted by molar-refractivity contribution is 7.92. The first-order chi connectivity index (χ1) is 20.4. The van der Waals surface area contributed by atoms with Gasteiger partial charge in [-0.25, -0.2) is 22.9 Å². The smallest absolute Gasteiger partial charge is 0.407 e. The first-order valence-corrected chi connectivity index (χ1v) is 15.9. The van der Waals surface area contributed by atoms with Crippen molar-refractivity contribution in [1.29, 1.82) is 0 Å². The Morgan fingerprint density at radius 3 is 2.42 bits per heavy atom. The molecule has 1 atom stereocenters. The van der Waals surface area contributed by atoms with Crippen molar-refractivity contribution in [3.8, 4) is 17.1 Å². The van der Waals surface area contributed by atoms with Gasteiger partial charge in [0.2, 0.25) is 11.8 Å². The van der Waals surface area contributed by atoms with Crippen LogP contribution in [0.5, 0.6) is 5.88 Å². The Kier molecular flexibility index (Phi) is 7.27. The summed E-state index contributed by atoms with van der Waals surface area (Å²) in [6.07, 6.45) is 1.22. The van der Waals surface area contributed by atoms with E-state index in [-0.39, 0.29) is 59.4 Å². The molecule has 12 heteroatoms. The third-order valence-corrected chi connectivity index (χ3v) is 9.67. The van der Waals surface area contributed by atoms with E-state index in [1.807, 2.05) is 32.0 Å². The molecule has 4 bridgehead atoms. The SMILES string of the molecule is Cc1cccc(C)c1-c1cc2nc(n1)NS(=O)(=O)c1cccc(c1)C(=O)N(C1CC3(COC(=O)N3)C1)[C@H](CC(C)C)CO2. The van der Waals surface area contributed by atoms with Gasteiger partial charge in [0.25, 0.3) is 15.9 Å². The molecule has 2 aliphatic heterocycles. The quantitative estimate of drug-likeness (QED) is 0.445. The zero-order chi connectivity index (χ0) is 30.5. The number of cyclic esters (lactones) is 1. The lowest BCUT2D eigenvalue weighted by Gasteiger charge is -2.50. The molecule has 226 valence electrons. The maximum Gasteiger partial charge on any atom is 0.407 e. The lowest BCUT2D eigenvalue weighted by molar-refractivity contribution is -0.000414. The summed E-state index contributed by atoms with van der Waals surface area (Å²) in [4.78, 5) is 36.8. The topological polar surface area (TPSA) is 140 Å². The number of aryl methyl sites for hydroxylation is 2. The Hall–Kier alpha value is -4.19. The molecule has 3 aliphatic rings. The van der Waals surface area contributed by atoms with Crippen LogP contribution in [0, 0.1) is 19.8 Å². The maximum atomic E-state index is 14.2. The van der Waals surface area contributed by atoms with Gasteiger partial charge in [-0.2, -0.15) is 4.98 Å². The maximum absolute atomic E-state index is 14.2. The Labute approximate surface area is 251 Å². The molecule has 6 rings (SSSR count). The molecule has 2 fully saturated rings. The number of fused-ring (bicyclic) bond motifs is 4. The van der Waals surface area contributed by atoms with Gasteiger partial charge in [-0.05, 0) is 68.4 Å². The molecule has 0 unspecified atom stereocenters. The normalized spacial score (nSPS) is 24.5. The van der Waals surface area contributed by atoms with E-state index >= 15 is 0 Å². The highest BCUT2D eigenvalue weighted by Gasteiger charge is 2.54.